The van der Waals surface area contributed by atoms with Crippen LogP contribution < -0.4 is 9.47 Å². The third-order valence-electron chi connectivity index (χ3n) is 5.64. The summed E-state index contributed by atoms with van der Waals surface area (Å²) in [4.78, 5) is 0. The van der Waals surface area contributed by atoms with Crippen molar-refractivity contribution >= 4 is 10.8 Å². The van der Waals surface area contributed by atoms with E-state index in [9.17, 15) is 0 Å². The molecule has 0 amide bonds. The average molecular weight is 437 g/mol. The van der Waals surface area contributed by atoms with Crippen molar-refractivity contribution in [3.8, 4) is 22.6 Å². The van der Waals surface area contributed by atoms with Crippen LogP contribution in [0.1, 0.15) is 51.4 Å². The molecule has 0 bridgehead atoms. The van der Waals surface area contributed by atoms with Crippen LogP contribution in [0.25, 0.3) is 21.9 Å². The molecule has 0 spiro atoms. The summed E-state index contributed by atoms with van der Waals surface area (Å²) < 4.78 is 11.7. The third kappa shape index (κ3) is 7.85. The van der Waals surface area contributed by atoms with Crippen LogP contribution >= 0.6 is 0 Å². The Labute approximate surface area is 191 Å². The maximum absolute atomic E-state index is 8.82. The van der Waals surface area contributed by atoms with E-state index in [1.807, 2.05) is 18.2 Å². The molecule has 0 aromatic heterocycles. The van der Waals surface area contributed by atoms with Crippen molar-refractivity contribution < 1.29 is 19.7 Å². The molecule has 2 N–H and O–H groups in total. The molecule has 0 aliphatic carbocycles. The monoisotopic (exact) mass is 436 g/mol. The van der Waals surface area contributed by atoms with Crippen molar-refractivity contribution in [3.63, 3.8) is 0 Å². The number of rotatable bonds is 15. The molecule has 4 nitrogen and oxygen atoms in total. The average Bonchev–Trinajstić information content (AvgIpc) is 2.83. The molecule has 0 radical (unpaired) electrons. The lowest BCUT2D eigenvalue weighted by Crippen LogP contribution is -1.97. The number of aliphatic hydroxyl groups is 2. The Bertz CT molecular complexity index is 920. The molecule has 3 aromatic carbocycles. The third-order valence-corrected chi connectivity index (χ3v) is 5.64. The SMILES string of the molecule is OCCCCCCOc1ccc(-c2ccc3cc(OCCCCCCO)ccc3c2)cc1. The second kappa shape index (κ2) is 13.8. The minimum Gasteiger partial charge on any atom is -0.494 e. The molecule has 0 fully saturated rings. The fourth-order valence-electron chi connectivity index (χ4n) is 3.75. The summed E-state index contributed by atoms with van der Waals surface area (Å²) in [5.41, 5.74) is 2.36. The van der Waals surface area contributed by atoms with Crippen LogP contribution in [0.4, 0.5) is 0 Å². The van der Waals surface area contributed by atoms with Gasteiger partial charge in [-0.1, -0.05) is 43.2 Å². The van der Waals surface area contributed by atoms with Crippen LogP contribution in [0.2, 0.25) is 0 Å². The standard InChI is InChI=1S/C28H36O4/c29-17-5-1-3-7-19-31-27-14-11-23(12-15-27)24-9-10-26-22-28(16-13-25(26)21-24)32-20-8-4-2-6-18-30/h9-16,21-22,29-30H,1-8,17-20H2. The lowest BCUT2D eigenvalue weighted by Gasteiger charge is -2.10. The molecular weight excluding hydrogens is 400 g/mol. The van der Waals surface area contributed by atoms with Crippen LogP contribution in [0.5, 0.6) is 11.5 Å². The first kappa shape index (κ1) is 24.1. The minimum atomic E-state index is 0.276. The summed E-state index contributed by atoms with van der Waals surface area (Å²) in [7, 11) is 0. The largest absolute Gasteiger partial charge is 0.494 e. The lowest BCUT2D eigenvalue weighted by molar-refractivity contribution is 0.273. The number of ether oxygens (including phenoxy) is 2. The molecule has 0 aliphatic rings. The van der Waals surface area contributed by atoms with Crippen LogP contribution in [0, 0.1) is 0 Å². The van der Waals surface area contributed by atoms with Gasteiger partial charge in [-0.25, -0.2) is 0 Å². The first-order valence-corrected chi connectivity index (χ1v) is 11.9. The normalized spacial score (nSPS) is 11.1. The van der Waals surface area contributed by atoms with Gasteiger partial charge < -0.3 is 19.7 Å². The summed E-state index contributed by atoms with van der Waals surface area (Å²) >= 11 is 0. The van der Waals surface area contributed by atoms with E-state index in [1.54, 1.807) is 0 Å². The molecule has 0 aliphatic heterocycles. The number of hydrogen-bond acceptors (Lipinski definition) is 4. The van der Waals surface area contributed by atoms with Crippen LogP contribution in [0.15, 0.2) is 60.7 Å². The van der Waals surface area contributed by atoms with E-state index in [1.165, 1.54) is 21.9 Å². The zero-order valence-corrected chi connectivity index (χ0v) is 19.0. The van der Waals surface area contributed by atoms with Crippen molar-refractivity contribution in [1.82, 2.24) is 0 Å². The van der Waals surface area contributed by atoms with E-state index < -0.39 is 0 Å². The summed E-state index contributed by atoms with van der Waals surface area (Å²) in [5, 5.41) is 20.0. The van der Waals surface area contributed by atoms with Crippen LogP contribution in [-0.4, -0.2) is 36.6 Å². The van der Waals surface area contributed by atoms with Crippen molar-refractivity contribution in [1.29, 1.82) is 0 Å². The van der Waals surface area contributed by atoms with Gasteiger partial charge in [-0.05, 0) is 90.8 Å². The highest BCUT2D eigenvalue weighted by atomic mass is 16.5. The zero-order valence-electron chi connectivity index (χ0n) is 19.0. The Morgan fingerprint density at radius 2 is 0.969 bits per heavy atom. The maximum Gasteiger partial charge on any atom is 0.119 e. The predicted octanol–water partition coefficient (Wildman–Crippen LogP) is 6.37. The van der Waals surface area contributed by atoms with Gasteiger partial charge >= 0.3 is 0 Å². The van der Waals surface area contributed by atoms with E-state index in [0.29, 0.717) is 13.2 Å². The molecular formula is C28H36O4. The number of aliphatic hydroxyl groups excluding tert-OH is 2. The van der Waals surface area contributed by atoms with Gasteiger partial charge in [0.25, 0.3) is 0 Å². The molecule has 3 aromatic rings. The van der Waals surface area contributed by atoms with E-state index in [2.05, 4.69) is 42.5 Å². The van der Waals surface area contributed by atoms with Crippen molar-refractivity contribution in [2.24, 2.45) is 0 Å². The highest BCUT2D eigenvalue weighted by molar-refractivity contribution is 5.88. The summed E-state index contributed by atoms with van der Waals surface area (Å²) in [6.45, 7) is 1.98. The first-order chi connectivity index (χ1) is 15.8. The lowest BCUT2D eigenvalue weighted by atomic mass is 10.0. The molecule has 0 saturated carbocycles. The van der Waals surface area contributed by atoms with E-state index in [-0.39, 0.29) is 13.2 Å². The van der Waals surface area contributed by atoms with E-state index in [4.69, 9.17) is 19.7 Å². The zero-order chi connectivity index (χ0) is 22.4. The highest BCUT2D eigenvalue weighted by Crippen LogP contribution is 2.28. The van der Waals surface area contributed by atoms with E-state index in [0.717, 1.165) is 62.9 Å². The minimum absolute atomic E-state index is 0.276. The molecule has 32 heavy (non-hydrogen) atoms. The Morgan fingerprint density at radius 3 is 1.62 bits per heavy atom. The van der Waals surface area contributed by atoms with Crippen molar-refractivity contribution in [2.75, 3.05) is 26.4 Å². The Morgan fingerprint density at radius 1 is 0.469 bits per heavy atom. The van der Waals surface area contributed by atoms with Gasteiger partial charge in [0, 0.05) is 13.2 Å². The fourth-order valence-corrected chi connectivity index (χ4v) is 3.75. The molecule has 0 heterocycles. The smallest absolute Gasteiger partial charge is 0.119 e. The topological polar surface area (TPSA) is 58.9 Å². The maximum atomic E-state index is 8.82. The summed E-state index contributed by atoms with van der Waals surface area (Å²) in [5.74, 6) is 1.81. The first-order valence-electron chi connectivity index (χ1n) is 11.9. The summed E-state index contributed by atoms with van der Waals surface area (Å²) in [6, 6.07) is 21.1. The van der Waals surface area contributed by atoms with Gasteiger partial charge in [-0.3, -0.25) is 0 Å². The van der Waals surface area contributed by atoms with Crippen LogP contribution in [-0.2, 0) is 0 Å². The van der Waals surface area contributed by atoms with Gasteiger partial charge in [0.2, 0.25) is 0 Å². The quantitative estimate of drug-likeness (QED) is 0.272. The molecule has 4 heteroatoms. The second-order valence-corrected chi connectivity index (χ2v) is 8.22. The second-order valence-electron chi connectivity index (χ2n) is 8.22. The molecule has 172 valence electrons. The van der Waals surface area contributed by atoms with Crippen molar-refractivity contribution in [3.05, 3.63) is 60.7 Å². The Balaban J connectivity index is 1.51. The number of benzene rings is 3. The van der Waals surface area contributed by atoms with Gasteiger partial charge in [-0.15, -0.1) is 0 Å². The number of fused-ring (bicyclic) bond motifs is 1. The number of hydrogen-bond donors (Lipinski definition) is 2. The highest BCUT2D eigenvalue weighted by Gasteiger charge is 2.03. The van der Waals surface area contributed by atoms with Gasteiger partial charge in [0.1, 0.15) is 11.5 Å². The molecule has 0 saturated heterocycles. The van der Waals surface area contributed by atoms with Gasteiger partial charge in [0.15, 0.2) is 0 Å². The van der Waals surface area contributed by atoms with E-state index >= 15 is 0 Å². The molecule has 3 rings (SSSR count). The van der Waals surface area contributed by atoms with Gasteiger partial charge in [0.05, 0.1) is 13.2 Å². The Hall–Kier alpha value is -2.56. The molecule has 0 unspecified atom stereocenters. The van der Waals surface area contributed by atoms with Crippen LogP contribution in [0.3, 0.4) is 0 Å². The van der Waals surface area contributed by atoms with Gasteiger partial charge in [-0.2, -0.15) is 0 Å². The fraction of sp³-hybridized carbons (Fsp3) is 0.429. The molecule has 0 atom stereocenters. The predicted molar refractivity (Wildman–Crippen MR) is 131 cm³/mol. The Kier molecular flexibility index (Phi) is 10.4. The summed E-state index contributed by atoms with van der Waals surface area (Å²) in [6.07, 6.45) is 8.07. The number of unbranched alkanes of at least 4 members (excludes halogenated alkanes) is 6. The van der Waals surface area contributed by atoms with Crippen molar-refractivity contribution in [2.45, 2.75) is 51.4 Å².